The monoisotopic (exact) mass is 435 g/mol. The molecule has 0 aromatic heterocycles. The number of nitrogens with zero attached hydrogens (tertiary/aromatic N) is 1. The van der Waals surface area contributed by atoms with Crippen LogP contribution < -0.4 is 10.6 Å². The Kier molecular flexibility index (Phi) is 8.00. The van der Waals surface area contributed by atoms with Crippen molar-refractivity contribution in [3.63, 3.8) is 0 Å². The fourth-order valence-electron chi connectivity index (χ4n) is 5.05. The maximum absolute atomic E-state index is 13.0. The van der Waals surface area contributed by atoms with E-state index in [0.29, 0.717) is 18.4 Å². The van der Waals surface area contributed by atoms with Gasteiger partial charge < -0.3 is 15.5 Å². The Balaban J connectivity index is 1.74. The summed E-state index contributed by atoms with van der Waals surface area (Å²) >= 11 is 0. The molecule has 4 nitrogen and oxygen atoms in total. The molecule has 2 aromatic carbocycles. The molecule has 0 aliphatic heterocycles. The van der Waals surface area contributed by atoms with Crippen molar-refractivity contribution in [3.8, 4) is 0 Å². The summed E-state index contributed by atoms with van der Waals surface area (Å²) in [5.41, 5.74) is 6.07. The van der Waals surface area contributed by atoms with E-state index in [0.717, 1.165) is 25.1 Å². The fraction of sp³-hybridized carbons (Fsp3) is 0.536. The van der Waals surface area contributed by atoms with Crippen molar-refractivity contribution < 1.29 is 4.79 Å². The molecule has 1 fully saturated rings. The Morgan fingerprint density at radius 3 is 2.00 bits per heavy atom. The first-order chi connectivity index (χ1) is 15.2. The van der Waals surface area contributed by atoms with Crippen LogP contribution in [-0.2, 0) is 12.0 Å². The Morgan fingerprint density at radius 1 is 0.938 bits per heavy atom. The van der Waals surface area contributed by atoms with Gasteiger partial charge in [0.25, 0.3) is 0 Å². The zero-order valence-electron chi connectivity index (χ0n) is 20.8. The first kappa shape index (κ1) is 24.3. The number of amides is 2. The summed E-state index contributed by atoms with van der Waals surface area (Å²) in [5, 5.41) is 6.44. The molecule has 2 aromatic rings. The minimum absolute atomic E-state index is 0.0342. The van der Waals surface area contributed by atoms with Gasteiger partial charge in [0.05, 0.1) is 0 Å². The average molecular weight is 436 g/mol. The number of benzene rings is 2. The van der Waals surface area contributed by atoms with Crippen molar-refractivity contribution >= 4 is 11.7 Å². The van der Waals surface area contributed by atoms with E-state index in [-0.39, 0.29) is 11.4 Å². The van der Waals surface area contributed by atoms with Crippen LogP contribution in [0.5, 0.6) is 0 Å². The van der Waals surface area contributed by atoms with E-state index in [4.69, 9.17) is 0 Å². The molecule has 0 heterocycles. The van der Waals surface area contributed by atoms with Gasteiger partial charge in [-0.05, 0) is 61.0 Å². The predicted octanol–water partition coefficient (Wildman–Crippen LogP) is 6.63. The fourth-order valence-corrected chi connectivity index (χ4v) is 5.05. The van der Waals surface area contributed by atoms with E-state index in [9.17, 15) is 4.79 Å². The molecular formula is C28H41N3O. The van der Waals surface area contributed by atoms with E-state index in [1.807, 2.05) is 0 Å². The molecule has 0 atom stereocenters. The number of carbonyl (C=O) groups excluding carboxylic acids is 1. The first-order valence-corrected chi connectivity index (χ1v) is 12.1. The Hall–Kier alpha value is -2.33. The molecule has 4 heteroatoms. The van der Waals surface area contributed by atoms with Crippen LogP contribution in [0.15, 0.2) is 42.5 Å². The van der Waals surface area contributed by atoms with E-state index in [1.165, 1.54) is 35.1 Å². The van der Waals surface area contributed by atoms with Gasteiger partial charge in [0, 0.05) is 24.2 Å². The van der Waals surface area contributed by atoms with Crippen LogP contribution in [0.4, 0.5) is 10.5 Å². The van der Waals surface area contributed by atoms with Crippen molar-refractivity contribution in [2.75, 3.05) is 26.0 Å². The Labute approximate surface area is 194 Å². The van der Waals surface area contributed by atoms with Crippen molar-refractivity contribution in [2.24, 2.45) is 0 Å². The Bertz CT molecular complexity index is 867. The predicted molar refractivity (Wildman–Crippen MR) is 136 cm³/mol. The SMILES string of the molecule is CC(C)c1cccc(C(C)C)c1NC(=O)NCC1(c2ccc(CN(C)C)cc2)CCCC1. The third-order valence-electron chi connectivity index (χ3n) is 6.82. The summed E-state index contributed by atoms with van der Waals surface area (Å²) in [6, 6.07) is 15.3. The molecular weight excluding hydrogens is 394 g/mol. The zero-order chi connectivity index (χ0) is 23.3. The first-order valence-electron chi connectivity index (χ1n) is 12.1. The van der Waals surface area contributed by atoms with Crippen molar-refractivity contribution in [2.45, 2.75) is 77.2 Å². The van der Waals surface area contributed by atoms with E-state index in [2.05, 4.69) is 99.8 Å². The molecule has 0 spiro atoms. The van der Waals surface area contributed by atoms with Crippen LogP contribution >= 0.6 is 0 Å². The highest BCUT2D eigenvalue weighted by Crippen LogP contribution is 2.41. The third-order valence-corrected chi connectivity index (χ3v) is 6.82. The van der Waals surface area contributed by atoms with Gasteiger partial charge >= 0.3 is 6.03 Å². The topological polar surface area (TPSA) is 44.4 Å². The second-order valence-corrected chi connectivity index (χ2v) is 10.4. The molecule has 1 saturated carbocycles. The minimum atomic E-state index is -0.101. The van der Waals surface area contributed by atoms with Crippen LogP contribution in [0.2, 0.25) is 0 Å². The van der Waals surface area contributed by atoms with Gasteiger partial charge in [0.2, 0.25) is 0 Å². The van der Waals surface area contributed by atoms with Crippen LogP contribution in [0.3, 0.4) is 0 Å². The van der Waals surface area contributed by atoms with E-state index in [1.54, 1.807) is 0 Å². The van der Waals surface area contributed by atoms with Gasteiger partial charge in [0.15, 0.2) is 0 Å². The van der Waals surface area contributed by atoms with Crippen molar-refractivity contribution in [1.29, 1.82) is 0 Å². The minimum Gasteiger partial charge on any atom is -0.337 e. The number of hydrogen-bond donors (Lipinski definition) is 2. The average Bonchev–Trinajstić information content (AvgIpc) is 3.22. The summed E-state index contributed by atoms with van der Waals surface area (Å²) in [6.07, 6.45) is 4.69. The van der Waals surface area contributed by atoms with Crippen LogP contribution in [0.25, 0.3) is 0 Å². The molecule has 1 aliphatic carbocycles. The summed E-state index contributed by atoms with van der Waals surface area (Å²) < 4.78 is 0. The van der Waals surface area contributed by atoms with Gasteiger partial charge in [-0.1, -0.05) is 83.0 Å². The molecule has 0 radical (unpaired) electrons. The molecule has 32 heavy (non-hydrogen) atoms. The van der Waals surface area contributed by atoms with Gasteiger partial charge in [0.1, 0.15) is 0 Å². The van der Waals surface area contributed by atoms with Crippen molar-refractivity contribution in [1.82, 2.24) is 10.2 Å². The van der Waals surface area contributed by atoms with Crippen molar-refractivity contribution in [3.05, 3.63) is 64.7 Å². The van der Waals surface area contributed by atoms with Gasteiger partial charge in [-0.25, -0.2) is 4.79 Å². The van der Waals surface area contributed by atoms with E-state index >= 15 is 0 Å². The number of nitrogens with one attached hydrogen (secondary N) is 2. The van der Waals surface area contributed by atoms with E-state index < -0.39 is 0 Å². The maximum Gasteiger partial charge on any atom is 0.319 e. The van der Waals surface area contributed by atoms with Gasteiger partial charge in [-0.3, -0.25) is 0 Å². The maximum atomic E-state index is 13.0. The number of anilines is 1. The summed E-state index contributed by atoms with van der Waals surface area (Å²) in [4.78, 5) is 15.2. The largest absolute Gasteiger partial charge is 0.337 e. The lowest BCUT2D eigenvalue weighted by atomic mass is 9.78. The van der Waals surface area contributed by atoms with Gasteiger partial charge in [-0.15, -0.1) is 0 Å². The van der Waals surface area contributed by atoms with Crippen LogP contribution in [0.1, 0.15) is 87.5 Å². The lowest BCUT2D eigenvalue weighted by Gasteiger charge is -2.30. The smallest absolute Gasteiger partial charge is 0.319 e. The Morgan fingerprint density at radius 2 is 1.50 bits per heavy atom. The molecule has 174 valence electrons. The molecule has 0 saturated heterocycles. The van der Waals surface area contributed by atoms with Crippen LogP contribution in [0, 0.1) is 0 Å². The van der Waals surface area contributed by atoms with Gasteiger partial charge in [-0.2, -0.15) is 0 Å². The number of hydrogen-bond acceptors (Lipinski definition) is 2. The molecule has 0 bridgehead atoms. The standard InChI is InChI=1S/C28H41N3O/c1-20(2)24-10-9-11-25(21(3)4)26(24)30-27(32)29-19-28(16-7-8-17-28)23-14-12-22(13-15-23)18-31(5)6/h9-15,20-21H,7-8,16-19H2,1-6H3,(H2,29,30,32). The molecule has 3 rings (SSSR count). The number of para-hydroxylation sites is 1. The zero-order valence-corrected chi connectivity index (χ0v) is 20.8. The molecule has 0 unspecified atom stereocenters. The molecule has 2 N–H and O–H groups in total. The summed E-state index contributed by atoms with van der Waals surface area (Å²) in [5.74, 6) is 0.705. The highest BCUT2D eigenvalue weighted by molar-refractivity contribution is 5.91. The normalized spacial score (nSPS) is 15.5. The molecule has 2 amide bonds. The number of urea groups is 1. The second-order valence-electron chi connectivity index (χ2n) is 10.4. The van der Waals surface area contributed by atoms with Crippen LogP contribution in [-0.4, -0.2) is 31.6 Å². The third kappa shape index (κ3) is 5.72. The summed E-state index contributed by atoms with van der Waals surface area (Å²) in [6.45, 7) is 10.3. The lowest BCUT2D eigenvalue weighted by molar-refractivity contribution is 0.248. The quantitative estimate of drug-likeness (QED) is 0.489. The highest BCUT2D eigenvalue weighted by atomic mass is 16.2. The summed E-state index contributed by atoms with van der Waals surface area (Å²) in [7, 11) is 4.19. The second kappa shape index (κ2) is 10.5. The molecule has 1 aliphatic rings. The number of rotatable bonds is 8. The highest BCUT2D eigenvalue weighted by Gasteiger charge is 2.36. The lowest BCUT2D eigenvalue weighted by Crippen LogP contribution is -2.41. The number of carbonyl (C=O) groups is 1.